The molecule has 3 heterocycles. The van der Waals surface area contributed by atoms with Crippen LogP contribution in [-0.2, 0) is 0 Å². The Morgan fingerprint density at radius 1 is 0.380 bits per heavy atom. The molecular formula is C45H26N2O3. The number of hydrogen-bond donors (Lipinski definition) is 0. The van der Waals surface area contributed by atoms with Gasteiger partial charge in [0.15, 0.2) is 5.58 Å². The van der Waals surface area contributed by atoms with Gasteiger partial charge < -0.3 is 18.2 Å². The van der Waals surface area contributed by atoms with E-state index in [9.17, 15) is 0 Å². The predicted octanol–water partition coefficient (Wildman–Crippen LogP) is 13.1. The second-order valence-electron chi connectivity index (χ2n) is 12.8. The van der Waals surface area contributed by atoms with Gasteiger partial charge in [-0.2, -0.15) is 0 Å². The highest BCUT2D eigenvalue weighted by Gasteiger charge is 2.18. The summed E-state index contributed by atoms with van der Waals surface area (Å²) in [5, 5.41) is 8.88. The third-order valence-electron chi connectivity index (χ3n) is 9.87. The zero-order valence-corrected chi connectivity index (χ0v) is 26.6. The third-order valence-corrected chi connectivity index (χ3v) is 9.87. The molecule has 0 aliphatic rings. The average Bonchev–Trinajstić information content (AvgIpc) is 3.89. The molecule has 0 aliphatic carbocycles. The molecule has 0 aliphatic heterocycles. The molecule has 0 saturated carbocycles. The van der Waals surface area contributed by atoms with Crippen molar-refractivity contribution in [3.8, 4) is 11.5 Å². The second kappa shape index (κ2) is 10.3. The van der Waals surface area contributed by atoms with Crippen molar-refractivity contribution in [2.24, 2.45) is 0 Å². The molecule has 3 aromatic heterocycles. The third kappa shape index (κ3) is 4.04. The van der Waals surface area contributed by atoms with Crippen molar-refractivity contribution in [3.63, 3.8) is 0 Å². The first-order valence-corrected chi connectivity index (χ1v) is 16.7. The van der Waals surface area contributed by atoms with Crippen LogP contribution in [0.3, 0.4) is 0 Å². The van der Waals surface area contributed by atoms with E-state index in [1.165, 1.54) is 0 Å². The van der Waals surface area contributed by atoms with Crippen LogP contribution in [-0.4, -0.2) is 4.98 Å². The summed E-state index contributed by atoms with van der Waals surface area (Å²) in [6, 6.07) is 54.6. The van der Waals surface area contributed by atoms with E-state index in [1.54, 1.807) is 0 Å². The van der Waals surface area contributed by atoms with Crippen LogP contribution < -0.4 is 4.90 Å². The molecule has 5 nitrogen and oxygen atoms in total. The van der Waals surface area contributed by atoms with Crippen molar-refractivity contribution in [3.05, 3.63) is 158 Å². The molecule has 0 unspecified atom stereocenters. The van der Waals surface area contributed by atoms with Gasteiger partial charge in [0, 0.05) is 54.9 Å². The molecule has 0 radical (unpaired) electrons. The number of furan rings is 2. The number of benzene rings is 8. The highest BCUT2D eigenvalue weighted by atomic mass is 16.3. The van der Waals surface area contributed by atoms with Crippen LogP contribution in [0, 0.1) is 0 Å². The van der Waals surface area contributed by atoms with E-state index in [-0.39, 0.29) is 0 Å². The maximum absolute atomic E-state index is 6.38. The van der Waals surface area contributed by atoms with E-state index in [1.807, 2.05) is 48.5 Å². The lowest BCUT2D eigenvalue weighted by Crippen LogP contribution is -2.10. The molecule has 5 heteroatoms. The summed E-state index contributed by atoms with van der Waals surface area (Å²) in [6.07, 6.45) is 0. The van der Waals surface area contributed by atoms with E-state index in [0.717, 1.165) is 99.1 Å². The smallest absolute Gasteiger partial charge is 0.227 e. The van der Waals surface area contributed by atoms with Crippen LogP contribution in [0.1, 0.15) is 0 Å². The molecule has 11 rings (SSSR count). The Labute approximate surface area is 285 Å². The zero-order valence-electron chi connectivity index (χ0n) is 26.6. The molecule has 0 saturated heterocycles. The Morgan fingerprint density at radius 2 is 0.880 bits per heavy atom. The highest BCUT2D eigenvalue weighted by molar-refractivity contribution is 6.17. The monoisotopic (exact) mass is 642 g/mol. The number of rotatable bonds is 4. The Hall–Kier alpha value is -6.85. The van der Waals surface area contributed by atoms with E-state index in [4.69, 9.17) is 18.2 Å². The summed E-state index contributed by atoms with van der Waals surface area (Å²) in [5.41, 5.74) is 9.23. The first-order chi connectivity index (χ1) is 24.7. The zero-order chi connectivity index (χ0) is 32.8. The van der Waals surface area contributed by atoms with E-state index < -0.39 is 0 Å². The molecule has 0 spiro atoms. The summed E-state index contributed by atoms with van der Waals surface area (Å²) < 4.78 is 18.9. The van der Waals surface area contributed by atoms with E-state index >= 15 is 0 Å². The maximum atomic E-state index is 6.38. The topological polar surface area (TPSA) is 55.6 Å². The molecular weight excluding hydrogens is 617 g/mol. The van der Waals surface area contributed by atoms with Crippen LogP contribution >= 0.6 is 0 Å². The van der Waals surface area contributed by atoms with Crippen molar-refractivity contribution in [2.75, 3.05) is 4.90 Å². The first-order valence-electron chi connectivity index (χ1n) is 16.7. The molecule has 0 amide bonds. The van der Waals surface area contributed by atoms with Gasteiger partial charge in [-0.1, -0.05) is 60.7 Å². The van der Waals surface area contributed by atoms with Gasteiger partial charge in [-0.25, -0.2) is 4.98 Å². The van der Waals surface area contributed by atoms with Crippen molar-refractivity contribution >= 4 is 93.6 Å². The SMILES string of the molecule is c1ccc2oc(-c3ccc(N(c4ccc5c(ccc6c7ccccc7oc56)c4)c4ccc5c(ccc6c7ccccc7oc56)c4)cc3)nc2c1. The summed E-state index contributed by atoms with van der Waals surface area (Å²) >= 11 is 0. The molecule has 0 fully saturated rings. The van der Waals surface area contributed by atoms with Crippen LogP contribution in [0.4, 0.5) is 17.1 Å². The number of anilines is 3. The first kappa shape index (κ1) is 27.1. The lowest BCUT2D eigenvalue weighted by atomic mass is 10.0. The molecule has 0 bridgehead atoms. The molecule has 0 N–H and O–H groups in total. The molecule has 50 heavy (non-hydrogen) atoms. The molecule has 11 aromatic rings. The van der Waals surface area contributed by atoms with Crippen LogP contribution in [0.5, 0.6) is 0 Å². The highest BCUT2D eigenvalue weighted by Crippen LogP contribution is 2.42. The van der Waals surface area contributed by atoms with Crippen molar-refractivity contribution in [2.45, 2.75) is 0 Å². The van der Waals surface area contributed by atoms with Crippen molar-refractivity contribution in [1.29, 1.82) is 0 Å². The fourth-order valence-corrected chi connectivity index (χ4v) is 7.47. The lowest BCUT2D eigenvalue weighted by Gasteiger charge is -2.26. The quantitative estimate of drug-likeness (QED) is 0.191. The second-order valence-corrected chi connectivity index (χ2v) is 12.8. The van der Waals surface area contributed by atoms with Crippen LogP contribution in [0.25, 0.3) is 88.0 Å². The lowest BCUT2D eigenvalue weighted by molar-refractivity contribution is 0.620. The summed E-state index contributed by atoms with van der Waals surface area (Å²) in [4.78, 5) is 7.02. The number of aromatic nitrogens is 1. The Morgan fingerprint density at radius 3 is 1.46 bits per heavy atom. The summed E-state index contributed by atoms with van der Waals surface area (Å²) in [5.74, 6) is 0.602. The van der Waals surface area contributed by atoms with E-state index in [2.05, 4.69) is 114 Å². The van der Waals surface area contributed by atoms with Gasteiger partial charge in [-0.15, -0.1) is 0 Å². The minimum atomic E-state index is 0.602. The Balaban J connectivity index is 1.08. The van der Waals surface area contributed by atoms with E-state index in [0.29, 0.717) is 5.89 Å². The van der Waals surface area contributed by atoms with Crippen molar-refractivity contribution < 1.29 is 13.3 Å². The fourth-order valence-electron chi connectivity index (χ4n) is 7.47. The van der Waals surface area contributed by atoms with Crippen molar-refractivity contribution in [1.82, 2.24) is 4.98 Å². The standard InChI is InChI=1S/C45H26N2O3/c1-4-10-40-35(7-1)37-21-15-28-25-31(19-23-33(28)43(37)48-40)47(30-17-13-27(14-18-30)45-46-39-9-3-6-12-42(39)50-45)32-20-24-34-29(26-32)16-22-38-36-8-2-5-11-41(36)49-44(34)38/h1-26H. The Kier molecular flexibility index (Phi) is 5.60. The largest absolute Gasteiger partial charge is 0.455 e. The molecule has 234 valence electrons. The normalized spacial score (nSPS) is 12.0. The Bertz CT molecular complexity index is 2920. The van der Waals surface area contributed by atoms with Crippen LogP contribution in [0.2, 0.25) is 0 Å². The minimum absolute atomic E-state index is 0.602. The number of hydrogen-bond acceptors (Lipinski definition) is 5. The summed E-state index contributed by atoms with van der Waals surface area (Å²) in [6.45, 7) is 0. The van der Waals surface area contributed by atoms with Gasteiger partial charge >= 0.3 is 0 Å². The van der Waals surface area contributed by atoms with Gasteiger partial charge in [0.05, 0.1) is 0 Å². The van der Waals surface area contributed by atoms with Gasteiger partial charge in [0.1, 0.15) is 27.8 Å². The van der Waals surface area contributed by atoms with Gasteiger partial charge in [-0.3, -0.25) is 0 Å². The number of para-hydroxylation sites is 4. The number of nitrogens with zero attached hydrogens (tertiary/aromatic N) is 2. The predicted molar refractivity (Wildman–Crippen MR) is 204 cm³/mol. The van der Waals surface area contributed by atoms with Gasteiger partial charge in [0.2, 0.25) is 5.89 Å². The van der Waals surface area contributed by atoms with Gasteiger partial charge in [0.25, 0.3) is 0 Å². The summed E-state index contributed by atoms with van der Waals surface area (Å²) in [7, 11) is 0. The molecule has 0 atom stereocenters. The average molecular weight is 643 g/mol. The number of fused-ring (bicyclic) bond motifs is 11. The van der Waals surface area contributed by atoms with Crippen LogP contribution in [0.15, 0.2) is 171 Å². The molecule has 8 aromatic carbocycles. The van der Waals surface area contributed by atoms with Gasteiger partial charge in [-0.05, 0) is 108 Å². The minimum Gasteiger partial charge on any atom is -0.455 e. The maximum Gasteiger partial charge on any atom is 0.227 e. The number of oxazole rings is 1. The fraction of sp³-hybridized carbons (Fsp3) is 0.